The van der Waals surface area contributed by atoms with Gasteiger partial charge in [-0.1, -0.05) is 11.6 Å². The molecule has 2 rings (SSSR count). The Hall–Kier alpha value is -0.800. The first kappa shape index (κ1) is 8.78. The first-order valence-corrected chi connectivity index (χ1v) is 4.85. The monoisotopic (exact) mass is 197 g/mol. The average Bonchev–Trinajstić information content (AvgIpc) is 2.62. The fourth-order valence-electron chi connectivity index (χ4n) is 1.45. The molecule has 1 aliphatic heterocycles. The maximum Gasteiger partial charge on any atom is 0.129 e. The number of hydrogen-bond acceptors (Lipinski definition) is 3. The molecule has 1 aromatic rings. The predicted octanol–water partition coefficient (Wildman–Crippen LogP) is 2.16. The van der Waals surface area contributed by atoms with Crippen LogP contribution in [-0.2, 0) is 0 Å². The molecule has 1 fully saturated rings. The zero-order chi connectivity index (χ0) is 9.10. The van der Waals surface area contributed by atoms with Crippen molar-refractivity contribution in [3.8, 4) is 0 Å². The Kier molecular flexibility index (Phi) is 2.66. The van der Waals surface area contributed by atoms with Gasteiger partial charge in [-0.2, -0.15) is 0 Å². The van der Waals surface area contributed by atoms with Crippen molar-refractivity contribution in [2.75, 3.05) is 18.5 Å². The summed E-state index contributed by atoms with van der Waals surface area (Å²) in [5, 5.41) is 2.73. The number of halogens is 1. The minimum absolute atomic E-state index is 0.534. The summed E-state index contributed by atoms with van der Waals surface area (Å²) in [6.07, 6.45) is 4.29. The van der Waals surface area contributed by atoms with E-state index in [4.69, 9.17) is 11.6 Å². The first-order chi connectivity index (χ1) is 6.34. The fraction of sp³-hybridized carbons (Fsp3) is 0.444. The topological polar surface area (TPSA) is 28.2 Å². The third kappa shape index (κ3) is 2.32. The Labute approximate surface area is 82.7 Å². The van der Waals surface area contributed by atoms with E-state index in [1.165, 1.54) is 12.8 Å². The molecule has 0 bridgehead atoms. The van der Waals surface area contributed by atoms with Crippen LogP contribution in [0.3, 0.4) is 0 Å². The molecule has 13 heavy (non-hydrogen) atoms. The van der Waals surface area contributed by atoms with E-state index in [-0.39, 0.29) is 0 Å². The van der Waals surface area contributed by atoms with Crippen molar-refractivity contribution in [3.63, 3.8) is 0 Å². The number of pyridine rings is 1. The molecule has 70 valence electrons. The molecule has 1 aliphatic rings. The van der Waals surface area contributed by atoms with E-state index in [9.17, 15) is 0 Å². The van der Waals surface area contributed by atoms with Crippen molar-refractivity contribution in [2.45, 2.75) is 12.8 Å². The highest BCUT2D eigenvalue weighted by molar-refractivity contribution is 6.29. The van der Waals surface area contributed by atoms with Gasteiger partial charge in [0.05, 0.1) is 11.9 Å². The Morgan fingerprint density at radius 3 is 2.69 bits per heavy atom. The highest BCUT2D eigenvalue weighted by Gasteiger charge is 2.10. The Morgan fingerprint density at radius 1 is 1.31 bits per heavy atom. The molecule has 1 saturated heterocycles. The number of nitrogens with one attached hydrogen (secondary N) is 1. The van der Waals surface area contributed by atoms with Crippen molar-refractivity contribution in [2.24, 2.45) is 0 Å². The number of hydrogen-bond donors (Lipinski definition) is 1. The van der Waals surface area contributed by atoms with Crippen LogP contribution >= 0.6 is 11.6 Å². The summed E-state index contributed by atoms with van der Waals surface area (Å²) < 4.78 is 0. The summed E-state index contributed by atoms with van der Waals surface area (Å²) in [4.78, 5) is 4.00. The van der Waals surface area contributed by atoms with Crippen molar-refractivity contribution < 1.29 is 0 Å². The number of anilines is 1. The lowest BCUT2D eigenvalue weighted by molar-refractivity contribution is 0.410. The van der Waals surface area contributed by atoms with E-state index in [0.29, 0.717) is 5.15 Å². The third-order valence-electron chi connectivity index (χ3n) is 2.12. The highest BCUT2D eigenvalue weighted by Crippen LogP contribution is 2.13. The van der Waals surface area contributed by atoms with Crippen LogP contribution in [0.1, 0.15) is 12.8 Å². The van der Waals surface area contributed by atoms with Crippen LogP contribution in [0.4, 0.5) is 5.69 Å². The number of rotatable bonds is 2. The quantitative estimate of drug-likeness (QED) is 0.737. The number of nitrogens with zero attached hydrogens (tertiary/aromatic N) is 2. The molecule has 1 aromatic heterocycles. The van der Waals surface area contributed by atoms with Gasteiger partial charge >= 0.3 is 0 Å². The van der Waals surface area contributed by atoms with Crippen LogP contribution in [0.25, 0.3) is 0 Å². The van der Waals surface area contributed by atoms with Gasteiger partial charge in [-0.05, 0) is 25.0 Å². The third-order valence-corrected chi connectivity index (χ3v) is 2.34. The second-order valence-electron chi connectivity index (χ2n) is 3.18. The summed E-state index contributed by atoms with van der Waals surface area (Å²) >= 11 is 5.68. The summed E-state index contributed by atoms with van der Waals surface area (Å²) in [7, 11) is 0. The molecule has 0 amide bonds. The second-order valence-corrected chi connectivity index (χ2v) is 3.56. The van der Waals surface area contributed by atoms with Gasteiger partial charge in [-0.25, -0.2) is 9.99 Å². The standard InChI is InChI=1S/C9H12ClN3/c10-9-4-3-8(7-11-9)12-13-5-1-2-6-13/h3-4,7,12H,1-2,5-6H2. The summed E-state index contributed by atoms with van der Waals surface area (Å²) in [5.41, 5.74) is 4.29. The zero-order valence-electron chi connectivity index (χ0n) is 7.33. The fourth-order valence-corrected chi connectivity index (χ4v) is 1.57. The van der Waals surface area contributed by atoms with E-state index < -0.39 is 0 Å². The summed E-state index contributed by atoms with van der Waals surface area (Å²) in [6, 6.07) is 3.73. The van der Waals surface area contributed by atoms with E-state index in [1.807, 2.05) is 6.07 Å². The molecule has 0 aliphatic carbocycles. The lowest BCUT2D eigenvalue weighted by Crippen LogP contribution is -2.26. The van der Waals surface area contributed by atoms with Crippen molar-refractivity contribution in [3.05, 3.63) is 23.5 Å². The molecular weight excluding hydrogens is 186 g/mol. The molecule has 2 heterocycles. The van der Waals surface area contributed by atoms with Crippen LogP contribution in [0, 0.1) is 0 Å². The first-order valence-electron chi connectivity index (χ1n) is 4.48. The predicted molar refractivity (Wildman–Crippen MR) is 53.7 cm³/mol. The Balaban J connectivity index is 1.97. The molecular formula is C9H12ClN3. The molecule has 1 N–H and O–H groups in total. The van der Waals surface area contributed by atoms with E-state index in [0.717, 1.165) is 18.8 Å². The molecule has 0 saturated carbocycles. The van der Waals surface area contributed by atoms with Crippen LogP contribution in [0.2, 0.25) is 5.15 Å². The van der Waals surface area contributed by atoms with Gasteiger partial charge in [0.2, 0.25) is 0 Å². The van der Waals surface area contributed by atoms with E-state index in [2.05, 4.69) is 15.4 Å². The molecule has 4 heteroatoms. The van der Waals surface area contributed by atoms with Gasteiger partial charge in [-0.3, -0.25) is 0 Å². The largest absolute Gasteiger partial charge is 0.317 e. The molecule has 0 radical (unpaired) electrons. The molecule has 3 nitrogen and oxygen atoms in total. The van der Waals surface area contributed by atoms with Gasteiger partial charge in [0.25, 0.3) is 0 Å². The number of aromatic nitrogens is 1. The minimum Gasteiger partial charge on any atom is -0.317 e. The van der Waals surface area contributed by atoms with Crippen molar-refractivity contribution in [1.82, 2.24) is 9.99 Å². The Morgan fingerprint density at radius 2 is 2.08 bits per heavy atom. The lowest BCUT2D eigenvalue weighted by atomic mass is 10.4. The lowest BCUT2D eigenvalue weighted by Gasteiger charge is -2.16. The van der Waals surface area contributed by atoms with Crippen molar-refractivity contribution >= 4 is 17.3 Å². The minimum atomic E-state index is 0.534. The van der Waals surface area contributed by atoms with Gasteiger partial charge in [0.1, 0.15) is 5.15 Å². The highest BCUT2D eigenvalue weighted by atomic mass is 35.5. The summed E-state index contributed by atoms with van der Waals surface area (Å²) in [5.74, 6) is 0. The SMILES string of the molecule is Clc1ccc(NN2CCCC2)cn1. The molecule has 0 unspecified atom stereocenters. The molecule has 0 spiro atoms. The smallest absolute Gasteiger partial charge is 0.129 e. The average molecular weight is 198 g/mol. The summed E-state index contributed by atoms with van der Waals surface area (Å²) in [6.45, 7) is 2.23. The second kappa shape index (κ2) is 3.94. The maximum absolute atomic E-state index is 5.68. The van der Waals surface area contributed by atoms with Gasteiger partial charge in [0, 0.05) is 13.1 Å². The maximum atomic E-state index is 5.68. The van der Waals surface area contributed by atoms with Gasteiger partial charge in [0.15, 0.2) is 0 Å². The Bertz CT molecular complexity index is 267. The van der Waals surface area contributed by atoms with Crippen LogP contribution in [0.15, 0.2) is 18.3 Å². The molecule has 0 aromatic carbocycles. The normalized spacial score (nSPS) is 17.6. The van der Waals surface area contributed by atoms with Crippen molar-refractivity contribution in [1.29, 1.82) is 0 Å². The van der Waals surface area contributed by atoms with Crippen LogP contribution in [-0.4, -0.2) is 23.1 Å². The van der Waals surface area contributed by atoms with Gasteiger partial charge < -0.3 is 5.43 Å². The zero-order valence-corrected chi connectivity index (χ0v) is 8.09. The van der Waals surface area contributed by atoms with Crippen LogP contribution < -0.4 is 5.43 Å². The van der Waals surface area contributed by atoms with E-state index in [1.54, 1.807) is 12.3 Å². The molecule has 0 atom stereocenters. The van der Waals surface area contributed by atoms with Crippen LogP contribution in [0.5, 0.6) is 0 Å². The van der Waals surface area contributed by atoms with Gasteiger partial charge in [-0.15, -0.1) is 0 Å². The van der Waals surface area contributed by atoms with E-state index >= 15 is 0 Å². The number of hydrazine groups is 1.